The molecule has 21 heavy (non-hydrogen) atoms. The average molecular weight is 349 g/mol. The standard InChI is InChI=1S/C17H21BrN2O/c1-13-8-16(18)6-5-15(13)11-19-10-14(12-21)9-17-4-2-3-7-20-17/h2-8,14,19,21H,9-12H2,1H3. The van der Waals surface area contributed by atoms with Crippen molar-refractivity contribution in [2.24, 2.45) is 5.92 Å². The number of nitrogens with one attached hydrogen (secondary N) is 1. The monoisotopic (exact) mass is 348 g/mol. The fraction of sp³-hybridized carbons (Fsp3) is 0.353. The Labute approximate surface area is 134 Å². The number of hydrogen-bond acceptors (Lipinski definition) is 3. The zero-order valence-corrected chi connectivity index (χ0v) is 13.8. The van der Waals surface area contributed by atoms with Crippen molar-refractivity contribution in [1.82, 2.24) is 10.3 Å². The van der Waals surface area contributed by atoms with Crippen LogP contribution in [0.1, 0.15) is 16.8 Å². The molecule has 0 saturated heterocycles. The van der Waals surface area contributed by atoms with Gasteiger partial charge in [-0.25, -0.2) is 0 Å². The molecular formula is C17H21BrN2O. The van der Waals surface area contributed by atoms with Crippen molar-refractivity contribution < 1.29 is 5.11 Å². The van der Waals surface area contributed by atoms with E-state index in [1.54, 1.807) is 6.20 Å². The molecule has 0 aliphatic heterocycles. The third kappa shape index (κ3) is 5.23. The zero-order valence-electron chi connectivity index (χ0n) is 12.2. The highest BCUT2D eigenvalue weighted by Gasteiger charge is 2.09. The number of benzene rings is 1. The van der Waals surface area contributed by atoms with Crippen LogP contribution in [0.2, 0.25) is 0 Å². The highest BCUT2D eigenvalue weighted by Crippen LogP contribution is 2.15. The number of aromatic nitrogens is 1. The molecule has 4 heteroatoms. The van der Waals surface area contributed by atoms with E-state index in [0.717, 1.165) is 29.7 Å². The lowest BCUT2D eigenvalue weighted by Gasteiger charge is -2.15. The molecule has 1 heterocycles. The lowest BCUT2D eigenvalue weighted by Crippen LogP contribution is -2.27. The minimum atomic E-state index is 0.170. The molecule has 0 saturated carbocycles. The van der Waals surface area contributed by atoms with Crippen molar-refractivity contribution in [3.63, 3.8) is 0 Å². The highest BCUT2D eigenvalue weighted by atomic mass is 79.9. The summed E-state index contributed by atoms with van der Waals surface area (Å²) >= 11 is 3.48. The van der Waals surface area contributed by atoms with E-state index >= 15 is 0 Å². The molecule has 1 atom stereocenters. The van der Waals surface area contributed by atoms with Crippen molar-refractivity contribution in [2.75, 3.05) is 13.2 Å². The first-order chi connectivity index (χ1) is 10.2. The van der Waals surface area contributed by atoms with Gasteiger partial charge in [0.25, 0.3) is 0 Å². The van der Waals surface area contributed by atoms with Crippen molar-refractivity contribution in [2.45, 2.75) is 19.9 Å². The van der Waals surface area contributed by atoms with Gasteiger partial charge in [-0.05, 0) is 54.7 Å². The largest absolute Gasteiger partial charge is 0.396 e. The van der Waals surface area contributed by atoms with Gasteiger partial charge in [0.2, 0.25) is 0 Å². The highest BCUT2D eigenvalue weighted by molar-refractivity contribution is 9.10. The minimum absolute atomic E-state index is 0.170. The summed E-state index contributed by atoms with van der Waals surface area (Å²) in [5, 5.41) is 12.9. The predicted octanol–water partition coefficient (Wildman–Crippen LogP) is 3.09. The summed E-state index contributed by atoms with van der Waals surface area (Å²) in [6.07, 6.45) is 2.59. The molecule has 0 bridgehead atoms. The van der Waals surface area contributed by atoms with Crippen molar-refractivity contribution in [1.29, 1.82) is 0 Å². The fourth-order valence-corrected chi connectivity index (χ4v) is 2.76. The quantitative estimate of drug-likeness (QED) is 0.808. The fourth-order valence-electron chi connectivity index (χ4n) is 2.28. The number of aliphatic hydroxyl groups excluding tert-OH is 1. The van der Waals surface area contributed by atoms with Gasteiger partial charge >= 0.3 is 0 Å². The van der Waals surface area contributed by atoms with Crippen LogP contribution in [0.15, 0.2) is 47.1 Å². The lowest BCUT2D eigenvalue weighted by atomic mass is 10.0. The molecule has 2 N–H and O–H groups in total. The van der Waals surface area contributed by atoms with Crippen molar-refractivity contribution in [3.8, 4) is 0 Å². The van der Waals surface area contributed by atoms with Crippen LogP contribution in [-0.2, 0) is 13.0 Å². The Morgan fingerprint density at radius 3 is 2.81 bits per heavy atom. The Morgan fingerprint density at radius 1 is 1.29 bits per heavy atom. The molecular weight excluding hydrogens is 328 g/mol. The summed E-state index contributed by atoms with van der Waals surface area (Å²) in [6, 6.07) is 12.2. The second-order valence-electron chi connectivity index (χ2n) is 5.28. The van der Waals surface area contributed by atoms with E-state index in [-0.39, 0.29) is 12.5 Å². The van der Waals surface area contributed by atoms with Crippen LogP contribution >= 0.6 is 15.9 Å². The van der Waals surface area contributed by atoms with E-state index in [1.807, 2.05) is 18.2 Å². The van der Waals surface area contributed by atoms with Gasteiger partial charge in [0.05, 0.1) is 0 Å². The van der Waals surface area contributed by atoms with Crippen LogP contribution in [0.5, 0.6) is 0 Å². The summed E-state index contributed by atoms with van der Waals surface area (Å²) in [4.78, 5) is 4.31. The van der Waals surface area contributed by atoms with E-state index < -0.39 is 0 Å². The van der Waals surface area contributed by atoms with Gasteiger partial charge < -0.3 is 10.4 Å². The smallest absolute Gasteiger partial charge is 0.0475 e. The van der Waals surface area contributed by atoms with Gasteiger partial charge in [0.1, 0.15) is 0 Å². The van der Waals surface area contributed by atoms with Crippen molar-refractivity contribution >= 4 is 15.9 Å². The maximum Gasteiger partial charge on any atom is 0.0475 e. The number of pyridine rings is 1. The summed E-state index contributed by atoms with van der Waals surface area (Å²) < 4.78 is 1.10. The Morgan fingerprint density at radius 2 is 2.14 bits per heavy atom. The third-order valence-electron chi connectivity index (χ3n) is 3.54. The number of nitrogens with zero attached hydrogens (tertiary/aromatic N) is 1. The van der Waals surface area contributed by atoms with Gasteiger partial charge in [-0.3, -0.25) is 4.98 Å². The molecule has 1 unspecified atom stereocenters. The van der Waals surface area contributed by atoms with Gasteiger partial charge in [-0.15, -0.1) is 0 Å². The molecule has 0 spiro atoms. The first-order valence-electron chi connectivity index (χ1n) is 7.15. The SMILES string of the molecule is Cc1cc(Br)ccc1CNCC(CO)Cc1ccccn1. The average Bonchev–Trinajstić information content (AvgIpc) is 2.49. The van der Waals surface area contributed by atoms with E-state index in [9.17, 15) is 5.11 Å². The summed E-state index contributed by atoms with van der Waals surface area (Å²) in [7, 11) is 0. The number of halogens is 1. The Bertz CT molecular complexity index is 560. The molecule has 112 valence electrons. The molecule has 1 aromatic heterocycles. The predicted molar refractivity (Wildman–Crippen MR) is 89.1 cm³/mol. The van der Waals surface area contributed by atoms with Crippen LogP contribution in [0.25, 0.3) is 0 Å². The van der Waals surface area contributed by atoms with Crippen LogP contribution in [0, 0.1) is 12.8 Å². The molecule has 0 amide bonds. The maximum atomic E-state index is 9.50. The molecule has 0 aliphatic rings. The molecule has 2 aromatic rings. The molecule has 1 aromatic carbocycles. The number of aliphatic hydroxyl groups is 1. The first-order valence-corrected chi connectivity index (χ1v) is 7.95. The number of aryl methyl sites for hydroxylation is 1. The normalized spacial score (nSPS) is 12.3. The van der Waals surface area contributed by atoms with Gasteiger partial charge in [0, 0.05) is 36.1 Å². The van der Waals surface area contributed by atoms with Gasteiger partial charge in [0.15, 0.2) is 0 Å². The van der Waals surface area contributed by atoms with Gasteiger partial charge in [-0.1, -0.05) is 28.1 Å². The number of rotatable bonds is 7. The Hall–Kier alpha value is -1.23. The van der Waals surface area contributed by atoms with Crippen molar-refractivity contribution in [3.05, 3.63) is 63.9 Å². The molecule has 2 rings (SSSR count). The molecule has 0 radical (unpaired) electrons. The summed E-state index contributed by atoms with van der Waals surface area (Å²) in [5.74, 6) is 0.190. The second kappa shape index (κ2) is 8.27. The van der Waals surface area contributed by atoms with E-state index in [1.165, 1.54) is 11.1 Å². The number of hydrogen-bond donors (Lipinski definition) is 2. The molecule has 0 aliphatic carbocycles. The first kappa shape index (κ1) is 16.1. The van der Waals surface area contributed by atoms with E-state index in [2.05, 4.69) is 51.4 Å². The topological polar surface area (TPSA) is 45.1 Å². The lowest BCUT2D eigenvalue weighted by molar-refractivity contribution is 0.220. The van der Waals surface area contributed by atoms with Crippen LogP contribution in [0.4, 0.5) is 0 Å². The molecule has 3 nitrogen and oxygen atoms in total. The summed E-state index contributed by atoms with van der Waals surface area (Å²) in [5.41, 5.74) is 3.58. The Balaban J connectivity index is 1.83. The summed E-state index contributed by atoms with van der Waals surface area (Å²) in [6.45, 7) is 3.88. The van der Waals surface area contributed by atoms with E-state index in [4.69, 9.17) is 0 Å². The van der Waals surface area contributed by atoms with Gasteiger partial charge in [-0.2, -0.15) is 0 Å². The molecule has 0 fully saturated rings. The van der Waals surface area contributed by atoms with Crippen LogP contribution in [-0.4, -0.2) is 23.2 Å². The minimum Gasteiger partial charge on any atom is -0.396 e. The second-order valence-corrected chi connectivity index (χ2v) is 6.19. The van der Waals surface area contributed by atoms with Crippen LogP contribution < -0.4 is 5.32 Å². The van der Waals surface area contributed by atoms with Crippen LogP contribution in [0.3, 0.4) is 0 Å². The maximum absolute atomic E-state index is 9.50. The van der Waals surface area contributed by atoms with E-state index in [0.29, 0.717) is 0 Å². The zero-order chi connectivity index (χ0) is 15.1. The third-order valence-corrected chi connectivity index (χ3v) is 4.03. The Kier molecular flexibility index (Phi) is 6.36.